The van der Waals surface area contributed by atoms with Gasteiger partial charge in [-0.2, -0.15) is 0 Å². The highest BCUT2D eigenvalue weighted by Crippen LogP contribution is 2.20. The third-order valence-corrected chi connectivity index (χ3v) is 4.30. The summed E-state index contributed by atoms with van der Waals surface area (Å²) in [6.45, 7) is 4.92. The SMILES string of the molecule is COc1ccc(CNC(=O)C(C)(C)C(=O)Nc2ccc(C(C)=O)cc2)cc1. The first kappa shape index (κ1) is 20.2. The van der Waals surface area contributed by atoms with Gasteiger partial charge in [-0.15, -0.1) is 0 Å². The van der Waals surface area contributed by atoms with Crippen molar-refractivity contribution in [2.75, 3.05) is 12.4 Å². The largest absolute Gasteiger partial charge is 0.497 e. The van der Waals surface area contributed by atoms with Crippen molar-refractivity contribution in [3.05, 3.63) is 59.7 Å². The molecule has 0 saturated heterocycles. The first-order chi connectivity index (χ1) is 12.7. The molecular weight excluding hydrogens is 344 g/mol. The Labute approximate surface area is 158 Å². The van der Waals surface area contributed by atoms with Gasteiger partial charge in [-0.25, -0.2) is 0 Å². The maximum atomic E-state index is 12.5. The van der Waals surface area contributed by atoms with E-state index in [1.165, 1.54) is 6.92 Å². The molecule has 27 heavy (non-hydrogen) atoms. The van der Waals surface area contributed by atoms with Crippen LogP contribution in [0.2, 0.25) is 0 Å². The monoisotopic (exact) mass is 368 g/mol. The van der Waals surface area contributed by atoms with Crippen molar-refractivity contribution in [2.45, 2.75) is 27.3 Å². The lowest BCUT2D eigenvalue weighted by Crippen LogP contribution is -2.44. The minimum Gasteiger partial charge on any atom is -0.497 e. The van der Waals surface area contributed by atoms with Crippen LogP contribution < -0.4 is 15.4 Å². The van der Waals surface area contributed by atoms with Gasteiger partial charge in [0.15, 0.2) is 5.78 Å². The van der Waals surface area contributed by atoms with Crippen LogP contribution >= 0.6 is 0 Å². The van der Waals surface area contributed by atoms with E-state index < -0.39 is 11.3 Å². The highest BCUT2D eigenvalue weighted by molar-refractivity contribution is 6.10. The summed E-state index contributed by atoms with van der Waals surface area (Å²) in [5.41, 5.74) is 0.733. The average molecular weight is 368 g/mol. The molecule has 6 nitrogen and oxygen atoms in total. The van der Waals surface area contributed by atoms with Gasteiger partial charge in [0.1, 0.15) is 11.2 Å². The van der Waals surface area contributed by atoms with Gasteiger partial charge in [0.25, 0.3) is 0 Å². The van der Waals surface area contributed by atoms with Crippen LogP contribution in [0.3, 0.4) is 0 Å². The van der Waals surface area contributed by atoms with Crippen LogP contribution in [0.1, 0.15) is 36.7 Å². The molecule has 0 fully saturated rings. The lowest BCUT2D eigenvalue weighted by atomic mass is 9.90. The minimum absolute atomic E-state index is 0.0499. The van der Waals surface area contributed by atoms with Crippen molar-refractivity contribution in [1.29, 1.82) is 0 Å². The standard InChI is InChI=1S/C21H24N2O4/c1-14(24)16-7-9-17(10-8-16)23-20(26)21(2,3)19(25)22-13-15-5-11-18(27-4)12-6-15/h5-12H,13H2,1-4H3,(H,22,25)(H,23,26). The second-order valence-corrected chi connectivity index (χ2v) is 6.74. The van der Waals surface area contributed by atoms with E-state index in [1.807, 2.05) is 24.3 Å². The second kappa shape index (κ2) is 8.49. The number of benzene rings is 2. The average Bonchev–Trinajstić information content (AvgIpc) is 2.66. The number of Topliss-reactive ketones (excluding diaryl/α,β-unsaturated/α-hetero) is 1. The Balaban J connectivity index is 1.96. The summed E-state index contributed by atoms with van der Waals surface area (Å²) in [7, 11) is 1.59. The first-order valence-corrected chi connectivity index (χ1v) is 8.57. The number of amides is 2. The maximum absolute atomic E-state index is 12.5. The molecule has 2 rings (SSSR count). The van der Waals surface area contributed by atoms with Crippen molar-refractivity contribution in [3.63, 3.8) is 0 Å². The highest BCUT2D eigenvalue weighted by Gasteiger charge is 2.35. The topological polar surface area (TPSA) is 84.5 Å². The number of methoxy groups -OCH3 is 1. The van der Waals surface area contributed by atoms with Crippen LogP contribution in [0, 0.1) is 5.41 Å². The van der Waals surface area contributed by atoms with E-state index in [1.54, 1.807) is 45.2 Å². The molecule has 0 unspecified atom stereocenters. The number of ketones is 1. The van der Waals surface area contributed by atoms with Gasteiger partial charge < -0.3 is 15.4 Å². The zero-order valence-electron chi connectivity index (χ0n) is 16.0. The molecule has 2 aromatic rings. The number of nitrogens with one attached hydrogen (secondary N) is 2. The fraction of sp³-hybridized carbons (Fsp3) is 0.286. The molecule has 0 aromatic heterocycles. The van der Waals surface area contributed by atoms with E-state index in [-0.39, 0.29) is 11.7 Å². The molecule has 0 heterocycles. The molecule has 0 spiro atoms. The summed E-state index contributed by atoms with van der Waals surface area (Å²) < 4.78 is 5.10. The van der Waals surface area contributed by atoms with E-state index >= 15 is 0 Å². The molecule has 0 aliphatic rings. The third kappa shape index (κ3) is 5.17. The molecule has 142 valence electrons. The van der Waals surface area contributed by atoms with Crippen molar-refractivity contribution in [2.24, 2.45) is 5.41 Å². The van der Waals surface area contributed by atoms with Crippen molar-refractivity contribution in [1.82, 2.24) is 5.32 Å². The zero-order chi connectivity index (χ0) is 20.0. The number of hydrogen-bond acceptors (Lipinski definition) is 4. The van der Waals surface area contributed by atoms with E-state index in [0.717, 1.165) is 11.3 Å². The number of carbonyl (C=O) groups excluding carboxylic acids is 3. The fourth-order valence-corrected chi connectivity index (χ4v) is 2.33. The molecule has 0 aliphatic heterocycles. The molecular formula is C21H24N2O4. The molecule has 2 aromatic carbocycles. The van der Waals surface area contributed by atoms with Crippen LogP contribution in [0.5, 0.6) is 5.75 Å². The van der Waals surface area contributed by atoms with E-state index in [0.29, 0.717) is 17.8 Å². The van der Waals surface area contributed by atoms with Gasteiger partial charge in [-0.3, -0.25) is 14.4 Å². The Morgan fingerprint density at radius 2 is 1.52 bits per heavy atom. The Bertz CT molecular complexity index is 824. The summed E-state index contributed by atoms with van der Waals surface area (Å²) in [6, 6.07) is 13.9. The minimum atomic E-state index is -1.26. The van der Waals surface area contributed by atoms with E-state index in [4.69, 9.17) is 4.74 Å². The summed E-state index contributed by atoms with van der Waals surface area (Å²) >= 11 is 0. The zero-order valence-corrected chi connectivity index (χ0v) is 16.0. The summed E-state index contributed by atoms with van der Waals surface area (Å²) in [5, 5.41) is 5.50. The number of rotatable bonds is 7. The Kier molecular flexibility index (Phi) is 6.34. The molecule has 0 radical (unpaired) electrons. The molecule has 0 atom stereocenters. The van der Waals surface area contributed by atoms with Gasteiger partial charge in [0.2, 0.25) is 11.8 Å². The van der Waals surface area contributed by atoms with Gasteiger partial charge >= 0.3 is 0 Å². The maximum Gasteiger partial charge on any atom is 0.239 e. The third-order valence-electron chi connectivity index (χ3n) is 4.30. The van der Waals surface area contributed by atoms with Crippen molar-refractivity contribution < 1.29 is 19.1 Å². The highest BCUT2D eigenvalue weighted by atomic mass is 16.5. The Morgan fingerprint density at radius 1 is 0.926 bits per heavy atom. The van der Waals surface area contributed by atoms with Gasteiger partial charge in [0.05, 0.1) is 7.11 Å². The van der Waals surface area contributed by atoms with Crippen LogP contribution in [0.25, 0.3) is 0 Å². The summed E-state index contributed by atoms with van der Waals surface area (Å²) in [5.74, 6) is -0.117. The smallest absolute Gasteiger partial charge is 0.239 e. The Hall–Kier alpha value is -3.15. The second-order valence-electron chi connectivity index (χ2n) is 6.74. The quantitative estimate of drug-likeness (QED) is 0.581. The van der Waals surface area contributed by atoms with Gasteiger partial charge in [-0.1, -0.05) is 12.1 Å². The molecule has 2 N–H and O–H groups in total. The van der Waals surface area contributed by atoms with Crippen LogP contribution in [-0.4, -0.2) is 24.7 Å². The Morgan fingerprint density at radius 3 is 2.04 bits per heavy atom. The predicted octanol–water partition coefficient (Wildman–Crippen LogP) is 3.18. The predicted molar refractivity (Wildman–Crippen MR) is 104 cm³/mol. The fourth-order valence-electron chi connectivity index (χ4n) is 2.33. The lowest BCUT2D eigenvalue weighted by Gasteiger charge is -2.23. The molecule has 0 bridgehead atoms. The number of hydrogen-bond donors (Lipinski definition) is 2. The van der Waals surface area contributed by atoms with E-state index in [9.17, 15) is 14.4 Å². The molecule has 0 aliphatic carbocycles. The van der Waals surface area contributed by atoms with Gasteiger partial charge in [0, 0.05) is 17.8 Å². The normalized spacial score (nSPS) is 10.8. The number of ether oxygens (including phenoxy) is 1. The van der Waals surface area contributed by atoms with Gasteiger partial charge in [-0.05, 0) is 62.7 Å². The molecule has 0 saturated carbocycles. The lowest BCUT2D eigenvalue weighted by molar-refractivity contribution is -0.138. The first-order valence-electron chi connectivity index (χ1n) is 8.57. The van der Waals surface area contributed by atoms with Crippen molar-refractivity contribution >= 4 is 23.3 Å². The molecule has 2 amide bonds. The number of anilines is 1. The van der Waals surface area contributed by atoms with Crippen LogP contribution in [0.4, 0.5) is 5.69 Å². The molecule has 6 heteroatoms. The summed E-state index contributed by atoms with van der Waals surface area (Å²) in [6.07, 6.45) is 0. The number of carbonyl (C=O) groups is 3. The van der Waals surface area contributed by atoms with Crippen molar-refractivity contribution in [3.8, 4) is 5.75 Å². The van der Waals surface area contributed by atoms with Crippen LogP contribution in [0.15, 0.2) is 48.5 Å². The summed E-state index contributed by atoms with van der Waals surface area (Å²) in [4.78, 5) is 36.3. The van der Waals surface area contributed by atoms with Crippen LogP contribution in [-0.2, 0) is 16.1 Å². The van der Waals surface area contributed by atoms with E-state index in [2.05, 4.69) is 10.6 Å².